The van der Waals surface area contributed by atoms with Crippen molar-refractivity contribution in [3.63, 3.8) is 0 Å². The predicted molar refractivity (Wildman–Crippen MR) is 138 cm³/mol. The van der Waals surface area contributed by atoms with Crippen molar-refractivity contribution in [1.82, 2.24) is 15.5 Å². The molecular formula is C29H33N3O4. The van der Waals surface area contributed by atoms with Crippen LogP contribution in [0.15, 0.2) is 72.8 Å². The van der Waals surface area contributed by atoms with Crippen LogP contribution >= 0.6 is 0 Å². The number of rotatable bonds is 10. The van der Waals surface area contributed by atoms with Crippen molar-refractivity contribution >= 4 is 5.91 Å². The van der Waals surface area contributed by atoms with Crippen molar-refractivity contribution in [3.05, 3.63) is 89.5 Å². The van der Waals surface area contributed by atoms with E-state index in [1.807, 2.05) is 54.6 Å². The summed E-state index contributed by atoms with van der Waals surface area (Å²) in [7, 11) is 1.68. The third-order valence-electron chi connectivity index (χ3n) is 6.81. The van der Waals surface area contributed by atoms with E-state index in [1.165, 1.54) is 11.1 Å². The lowest BCUT2D eigenvalue weighted by atomic mass is 10.1. The first-order chi connectivity index (χ1) is 17.7. The quantitative estimate of drug-likeness (QED) is 0.456. The second-order valence-corrected chi connectivity index (χ2v) is 9.32. The van der Waals surface area contributed by atoms with Gasteiger partial charge in [-0.05, 0) is 53.8 Å². The molecule has 0 bridgehead atoms. The van der Waals surface area contributed by atoms with Crippen molar-refractivity contribution in [1.29, 1.82) is 0 Å². The average molecular weight is 488 g/mol. The molecule has 188 valence electrons. The molecule has 5 rings (SSSR count). The van der Waals surface area contributed by atoms with Crippen molar-refractivity contribution in [2.24, 2.45) is 0 Å². The maximum atomic E-state index is 13.3. The van der Waals surface area contributed by atoms with Crippen LogP contribution in [0.3, 0.4) is 0 Å². The van der Waals surface area contributed by atoms with Gasteiger partial charge >= 0.3 is 0 Å². The minimum Gasteiger partial charge on any atom is -0.497 e. The monoisotopic (exact) mass is 487 g/mol. The smallest absolute Gasteiger partial charge is 0.237 e. The Morgan fingerprint density at radius 3 is 2.67 bits per heavy atom. The second kappa shape index (κ2) is 11.5. The van der Waals surface area contributed by atoms with Crippen LogP contribution in [0.25, 0.3) is 0 Å². The number of carbonyl (C=O) groups excluding carboxylic acids is 1. The van der Waals surface area contributed by atoms with Gasteiger partial charge in [0.05, 0.1) is 13.2 Å². The molecule has 3 aromatic carbocycles. The lowest BCUT2D eigenvalue weighted by molar-refractivity contribution is -0.125. The average Bonchev–Trinajstić information content (AvgIpc) is 3.55. The first-order valence-electron chi connectivity index (χ1n) is 12.5. The number of amides is 1. The predicted octanol–water partition coefficient (Wildman–Crippen LogP) is 3.52. The summed E-state index contributed by atoms with van der Waals surface area (Å²) in [5, 5.41) is 6.82. The lowest BCUT2D eigenvalue weighted by Crippen LogP contribution is -2.43. The summed E-state index contributed by atoms with van der Waals surface area (Å²) in [5.74, 6) is 2.48. The number of carbonyl (C=O) groups is 1. The van der Waals surface area contributed by atoms with E-state index >= 15 is 0 Å². The maximum absolute atomic E-state index is 13.3. The number of benzene rings is 3. The SMILES string of the molecule is COc1cccc(CN[C@@H]2C[C@@H](C(=O)NCCc3ccc4c(c3)OCO4)N(Cc3ccccc3)C2)c1. The molecule has 2 aliphatic rings. The van der Waals surface area contributed by atoms with Crippen molar-refractivity contribution in [2.75, 3.05) is 27.0 Å². The van der Waals surface area contributed by atoms with Crippen LogP contribution in [0.4, 0.5) is 0 Å². The number of nitrogens with one attached hydrogen (secondary N) is 2. The summed E-state index contributed by atoms with van der Waals surface area (Å²) in [5.41, 5.74) is 3.50. The Hall–Kier alpha value is -3.55. The highest BCUT2D eigenvalue weighted by Crippen LogP contribution is 2.32. The van der Waals surface area contributed by atoms with Gasteiger partial charge in [-0.15, -0.1) is 0 Å². The molecule has 2 atom stereocenters. The molecule has 7 nitrogen and oxygen atoms in total. The molecule has 0 aromatic heterocycles. The molecule has 3 aromatic rings. The Morgan fingerprint density at radius 2 is 1.81 bits per heavy atom. The molecule has 1 saturated heterocycles. The number of fused-ring (bicyclic) bond motifs is 1. The van der Waals surface area contributed by atoms with E-state index in [-0.39, 0.29) is 24.8 Å². The third-order valence-corrected chi connectivity index (χ3v) is 6.81. The summed E-state index contributed by atoms with van der Waals surface area (Å²) in [6.07, 6.45) is 1.51. The summed E-state index contributed by atoms with van der Waals surface area (Å²) in [4.78, 5) is 15.6. The van der Waals surface area contributed by atoms with E-state index in [0.29, 0.717) is 6.54 Å². The molecule has 0 unspecified atom stereocenters. The van der Waals surface area contributed by atoms with E-state index in [1.54, 1.807) is 7.11 Å². The first-order valence-corrected chi connectivity index (χ1v) is 12.5. The molecule has 1 amide bonds. The Bertz CT molecular complexity index is 1170. The van der Waals surface area contributed by atoms with Crippen LogP contribution in [0.2, 0.25) is 0 Å². The minimum absolute atomic E-state index is 0.0809. The zero-order valence-electron chi connectivity index (χ0n) is 20.6. The van der Waals surface area contributed by atoms with Crippen LogP contribution in [0.5, 0.6) is 17.2 Å². The number of methoxy groups -OCH3 is 1. The molecule has 2 N–H and O–H groups in total. The third kappa shape index (κ3) is 5.98. The molecule has 0 spiro atoms. The Balaban J connectivity index is 1.19. The fraction of sp³-hybridized carbons (Fsp3) is 0.345. The van der Waals surface area contributed by atoms with Gasteiger partial charge in [-0.25, -0.2) is 0 Å². The normalized spacial score (nSPS) is 18.8. The van der Waals surface area contributed by atoms with E-state index in [4.69, 9.17) is 14.2 Å². The van der Waals surface area contributed by atoms with Crippen LogP contribution in [0, 0.1) is 0 Å². The zero-order chi connectivity index (χ0) is 24.7. The number of ether oxygens (including phenoxy) is 3. The van der Waals surface area contributed by atoms with Gasteiger partial charge in [0.1, 0.15) is 5.75 Å². The van der Waals surface area contributed by atoms with Gasteiger partial charge in [0.2, 0.25) is 12.7 Å². The molecule has 0 saturated carbocycles. The van der Waals surface area contributed by atoms with E-state index < -0.39 is 0 Å². The topological polar surface area (TPSA) is 72.1 Å². The minimum atomic E-state index is -0.176. The molecule has 36 heavy (non-hydrogen) atoms. The van der Waals surface area contributed by atoms with Gasteiger partial charge in [0.25, 0.3) is 0 Å². The fourth-order valence-electron chi connectivity index (χ4n) is 4.91. The molecule has 2 heterocycles. The number of likely N-dealkylation sites (tertiary alicyclic amines) is 1. The van der Waals surface area contributed by atoms with Gasteiger partial charge in [0, 0.05) is 32.2 Å². The van der Waals surface area contributed by atoms with Crippen molar-refractivity contribution in [3.8, 4) is 17.2 Å². The highest BCUT2D eigenvalue weighted by Gasteiger charge is 2.36. The molecule has 0 radical (unpaired) electrons. The maximum Gasteiger partial charge on any atom is 0.237 e. The van der Waals surface area contributed by atoms with Crippen LogP contribution in [-0.2, 0) is 24.3 Å². The Morgan fingerprint density at radius 1 is 0.972 bits per heavy atom. The summed E-state index contributed by atoms with van der Waals surface area (Å²) in [6.45, 7) is 3.15. The Labute approximate surface area is 212 Å². The van der Waals surface area contributed by atoms with Crippen molar-refractivity contribution in [2.45, 2.75) is 38.0 Å². The van der Waals surface area contributed by atoms with Crippen LogP contribution < -0.4 is 24.8 Å². The van der Waals surface area contributed by atoms with Gasteiger partial charge in [0.15, 0.2) is 11.5 Å². The molecule has 1 fully saturated rings. The summed E-state index contributed by atoms with van der Waals surface area (Å²) >= 11 is 0. The number of nitrogens with zero attached hydrogens (tertiary/aromatic N) is 1. The van der Waals surface area contributed by atoms with Crippen molar-refractivity contribution < 1.29 is 19.0 Å². The second-order valence-electron chi connectivity index (χ2n) is 9.32. The fourth-order valence-corrected chi connectivity index (χ4v) is 4.91. The lowest BCUT2D eigenvalue weighted by Gasteiger charge is -2.23. The first kappa shape index (κ1) is 24.2. The molecule has 7 heteroatoms. The largest absolute Gasteiger partial charge is 0.497 e. The molecular weight excluding hydrogens is 454 g/mol. The van der Waals surface area contributed by atoms with Crippen LogP contribution in [-0.4, -0.2) is 49.9 Å². The standard InChI is InChI=1S/C29H33N3O4/c1-34-25-9-5-8-23(14-25)17-31-24-16-26(32(19-24)18-22-6-3-2-4-7-22)29(33)30-13-12-21-10-11-27-28(15-21)36-20-35-27/h2-11,14-15,24,26,31H,12-13,16-20H2,1H3,(H,30,33)/t24-,26+/m1/s1. The summed E-state index contributed by atoms with van der Waals surface area (Å²) < 4.78 is 16.2. The zero-order valence-corrected chi connectivity index (χ0v) is 20.6. The van der Waals surface area contributed by atoms with Gasteiger partial charge in [-0.1, -0.05) is 48.5 Å². The van der Waals surface area contributed by atoms with Gasteiger partial charge in [-0.2, -0.15) is 0 Å². The van der Waals surface area contributed by atoms with Crippen LogP contribution in [0.1, 0.15) is 23.1 Å². The van der Waals surface area contributed by atoms with Gasteiger partial charge in [-0.3, -0.25) is 9.69 Å². The summed E-state index contributed by atoms with van der Waals surface area (Å²) in [6, 6.07) is 24.4. The number of hydrogen-bond donors (Lipinski definition) is 2. The van der Waals surface area contributed by atoms with E-state index in [0.717, 1.165) is 55.3 Å². The molecule has 0 aliphatic carbocycles. The van der Waals surface area contributed by atoms with E-state index in [2.05, 4.69) is 33.7 Å². The molecule has 2 aliphatic heterocycles. The highest BCUT2D eigenvalue weighted by molar-refractivity contribution is 5.82. The number of hydrogen-bond acceptors (Lipinski definition) is 6. The van der Waals surface area contributed by atoms with Gasteiger partial charge < -0.3 is 24.8 Å². The highest BCUT2D eigenvalue weighted by atomic mass is 16.7. The van der Waals surface area contributed by atoms with E-state index in [9.17, 15) is 4.79 Å². The Kier molecular flexibility index (Phi) is 7.69.